The molecule has 5 nitrogen and oxygen atoms in total. The molecule has 0 aliphatic carbocycles. The van der Waals surface area contributed by atoms with Crippen molar-refractivity contribution < 1.29 is 18.0 Å². The topological polar surface area (TPSA) is 80.0 Å². The number of nitrogens with two attached hydrogens (primary N) is 1. The zero-order chi connectivity index (χ0) is 18.3. The number of nitrogens with one attached hydrogen (secondary N) is 2. The molecule has 0 spiro atoms. The molecule has 24 heavy (non-hydrogen) atoms. The number of halogens is 4. The van der Waals surface area contributed by atoms with Crippen LogP contribution in [0.5, 0.6) is 0 Å². The van der Waals surface area contributed by atoms with Crippen molar-refractivity contribution in [3.05, 3.63) is 22.8 Å². The van der Waals surface area contributed by atoms with Crippen LogP contribution in [0.3, 0.4) is 0 Å². The van der Waals surface area contributed by atoms with Crippen LogP contribution in [0.2, 0.25) is 5.02 Å². The van der Waals surface area contributed by atoms with Crippen LogP contribution in [-0.2, 0) is 11.0 Å². The van der Waals surface area contributed by atoms with Crippen molar-refractivity contribution in [2.24, 2.45) is 11.7 Å². The fraction of sp³-hybridized carbons (Fsp3) is 0.600. The Morgan fingerprint density at radius 1 is 1.42 bits per heavy atom. The van der Waals surface area contributed by atoms with E-state index in [0.29, 0.717) is 18.7 Å². The first-order valence-electron chi connectivity index (χ1n) is 7.59. The first-order valence-corrected chi connectivity index (χ1v) is 7.97. The molecule has 1 atom stereocenters. The minimum Gasteiger partial charge on any atom is -0.368 e. The van der Waals surface area contributed by atoms with Crippen LogP contribution in [0.4, 0.5) is 19.0 Å². The summed E-state index contributed by atoms with van der Waals surface area (Å²) in [6, 6.07) is 0.703. The van der Waals surface area contributed by atoms with E-state index in [1.54, 1.807) is 0 Å². The van der Waals surface area contributed by atoms with Crippen LogP contribution in [0.25, 0.3) is 0 Å². The molecule has 1 unspecified atom stereocenters. The van der Waals surface area contributed by atoms with E-state index in [1.807, 2.05) is 13.8 Å². The zero-order valence-corrected chi connectivity index (χ0v) is 14.3. The van der Waals surface area contributed by atoms with Crippen molar-refractivity contribution in [2.45, 2.75) is 38.9 Å². The number of anilines is 1. The Labute approximate surface area is 144 Å². The highest BCUT2D eigenvalue weighted by Gasteiger charge is 2.31. The molecule has 0 radical (unpaired) electrons. The quantitative estimate of drug-likeness (QED) is 0.660. The molecule has 0 aliphatic rings. The van der Waals surface area contributed by atoms with Gasteiger partial charge >= 0.3 is 6.18 Å². The van der Waals surface area contributed by atoms with Gasteiger partial charge in [-0.2, -0.15) is 13.2 Å². The molecule has 1 aromatic rings. The standard InChI is InChI=1S/C15H22ClF3N4O/c1-9(2)5-11(7-20)23-13(24)3-4-21-14-12(16)6-10(8-22-14)15(17,18)19/h6,8-9,11H,3-5,7,20H2,1-2H3,(H,21,22)(H,23,24). The fourth-order valence-electron chi connectivity index (χ4n) is 2.10. The summed E-state index contributed by atoms with van der Waals surface area (Å²) in [4.78, 5) is 15.5. The van der Waals surface area contributed by atoms with Crippen LogP contribution in [0, 0.1) is 5.92 Å². The molecule has 0 aromatic carbocycles. The third-order valence-corrected chi connectivity index (χ3v) is 3.51. The predicted molar refractivity (Wildman–Crippen MR) is 87.8 cm³/mol. The fourth-order valence-corrected chi connectivity index (χ4v) is 2.33. The third-order valence-electron chi connectivity index (χ3n) is 3.22. The molecule has 0 saturated carbocycles. The first-order chi connectivity index (χ1) is 11.1. The van der Waals surface area contributed by atoms with E-state index >= 15 is 0 Å². The number of amides is 1. The van der Waals surface area contributed by atoms with Crippen LogP contribution in [-0.4, -0.2) is 30.0 Å². The molecule has 4 N–H and O–H groups in total. The minimum absolute atomic E-state index is 0.0923. The van der Waals surface area contributed by atoms with Gasteiger partial charge in [0.05, 0.1) is 10.6 Å². The van der Waals surface area contributed by atoms with Crippen LogP contribution in [0.1, 0.15) is 32.3 Å². The van der Waals surface area contributed by atoms with Crippen LogP contribution < -0.4 is 16.4 Å². The molecular formula is C15H22ClF3N4O. The van der Waals surface area contributed by atoms with Crippen LogP contribution in [0.15, 0.2) is 12.3 Å². The SMILES string of the molecule is CC(C)CC(CN)NC(=O)CCNc1ncc(C(F)(F)F)cc1Cl. The molecule has 9 heteroatoms. The summed E-state index contributed by atoms with van der Waals surface area (Å²) in [5.74, 6) is 0.323. The van der Waals surface area contributed by atoms with E-state index in [1.165, 1.54) is 0 Å². The van der Waals surface area contributed by atoms with Gasteiger partial charge in [0.25, 0.3) is 0 Å². The summed E-state index contributed by atoms with van der Waals surface area (Å²) in [5.41, 5.74) is 4.69. The van der Waals surface area contributed by atoms with Gasteiger partial charge in [0.15, 0.2) is 0 Å². The van der Waals surface area contributed by atoms with Crippen molar-refractivity contribution in [1.82, 2.24) is 10.3 Å². The summed E-state index contributed by atoms with van der Waals surface area (Å²) in [7, 11) is 0. The maximum atomic E-state index is 12.5. The van der Waals surface area contributed by atoms with E-state index in [0.717, 1.165) is 12.5 Å². The average molecular weight is 367 g/mol. The Kier molecular flexibility index (Phi) is 7.75. The van der Waals surface area contributed by atoms with Gasteiger partial charge in [0.2, 0.25) is 5.91 Å². The summed E-state index contributed by atoms with van der Waals surface area (Å²) < 4.78 is 37.6. The van der Waals surface area contributed by atoms with Crippen molar-refractivity contribution in [1.29, 1.82) is 0 Å². The van der Waals surface area contributed by atoms with E-state index in [2.05, 4.69) is 15.6 Å². The molecule has 0 aliphatic heterocycles. The summed E-state index contributed by atoms with van der Waals surface area (Å²) >= 11 is 5.77. The molecule has 0 bridgehead atoms. The first kappa shape index (κ1) is 20.5. The molecule has 136 valence electrons. The predicted octanol–water partition coefficient (Wildman–Crippen LogP) is 3.05. The van der Waals surface area contributed by atoms with Gasteiger partial charge in [-0.05, 0) is 18.4 Å². The summed E-state index contributed by atoms with van der Waals surface area (Å²) in [5, 5.41) is 5.43. The lowest BCUT2D eigenvalue weighted by molar-refractivity contribution is -0.137. The van der Waals surface area contributed by atoms with Gasteiger partial charge in [-0.15, -0.1) is 0 Å². The second-order valence-electron chi connectivity index (χ2n) is 5.86. The number of alkyl halides is 3. The number of nitrogens with zero attached hydrogens (tertiary/aromatic N) is 1. The second kappa shape index (κ2) is 9.08. The van der Waals surface area contributed by atoms with Gasteiger partial charge in [-0.25, -0.2) is 4.98 Å². The average Bonchev–Trinajstić information content (AvgIpc) is 2.46. The highest BCUT2D eigenvalue weighted by atomic mass is 35.5. The van der Waals surface area contributed by atoms with E-state index in [9.17, 15) is 18.0 Å². The Morgan fingerprint density at radius 3 is 2.58 bits per heavy atom. The Bertz CT molecular complexity index is 552. The molecule has 0 saturated heterocycles. The van der Waals surface area contributed by atoms with E-state index in [-0.39, 0.29) is 35.8 Å². The highest BCUT2D eigenvalue weighted by Crippen LogP contribution is 2.32. The zero-order valence-electron chi connectivity index (χ0n) is 13.6. The van der Waals surface area contributed by atoms with Crippen LogP contribution >= 0.6 is 11.6 Å². The Morgan fingerprint density at radius 2 is 2.08 bits per heavy atom. The monoisotopic (exact) mass is 366 g/mol. The van der Waals surface area contributed by atoms with E-state index < -0.39 is 11.7 Å². The van der Waals surface area contributed by atoms with Crippen molar-refractivity contribution in [3.8, 4) is 0 Å². The van der Waals surface area contributed by atoms with E-state index in [4.69, 9.17) is 17.3 Å². The molecule has 1 heterocycles. The lowest BCUT2D eigenvalue weighted by atomic mass is 10.0. The molecule has 1 aromatic heterocycles. The number of pyridine rings is 1. The second-order valence-corrected chi connectivity index (χ2v) is 6.27. The lowest BCUT2D eigenvalue weighted by Gasteiger charge is -2.19. The number of carbonyl (C=O) groups excluding carboxylic acids is 1. The number of rotatable bonds is 8. The maximum Gasteiger partial charge on any atom is 0.417 e. The molecule has 1 amide bonds. The number of aromatic nitrogens is 1. The number of carbonyl (C=O) groups is 1. The summed E-state index contributed by atoms with van der Waals surface area (Å²) in [6.45, 7) is 4.62. The van der Waals surface area contributed by atoms with Gasteiger partial charge in [0.1, 0.15) is 5.82 Å². The molecular weight excluding hydrogens is 345 g/mol. The summed E-state index contributed by atoms with van der Waals surface area (Å²) in [6.07, 6.45) is -2.89. The third kappa shape index (κ3) is 6.92. The normalized spacial score (nSPS) is 13.0. The Hall–Kier alpha value is -1.54. The van der Waals surface area contributed by atoms with Gasteiger partial charge in [-0.1, -0.05) is 25.4 Å². The Balaban J connectivity index is 2.48. The van der Waals surface area contributed by atoms with Gasteiger partial charge in [0, 0.05) is 31.7 Å². The molecule has 0 fully saturated rings. The van der Waals surface area contributed by atoms with Gasteiger partial charge in [-0.3, -0.25) is 4.79 Å². The largest absolute Gasteiger partial charge is 0.417 e. The lowest BCUT2D eigenvalue weighted by Crippen LogP contribution is -2.41. The van der Waals surface area contributed by atoms with Crippen molar-refractivity contribution >= 4 is 23.3 Å². The van der Waals surface area contributed by atoms with Crippen molar-refractivity contribution in [2.75, 3.05) is 18.4 Å². The number of hydrogen-bond donors (Lipinski definition) is 3. The minimum atomic E-state index is -4.50. The maximum absolute atomic E-state index is 12.5. The van der Waals surface area contributed by atoms with Gasteiger partial charge < -0.3 is 16.4 Å². The smallest absolute Gasteiger partial charge is 0.368 e. The van der Waals surface area contributed by atoms with Crippen molar-refractivity contribution in [3.63, 3.8) is 0 Å². The highest BCUT2D eigenvalue weighted by molar-refractivity contribution is 6.32. The molecule has 1 rings (SSSR count). The number of hydrogen-bond acceptors (Lipinski definition) is 4.